The Bertz CT molecular complexity index is 1050. The molecule has 1 atom stereocenters. The van der Waals surface area contributed by atoms with Crippen LogP contribution in [0.25, 0.3) is 0 Å². The lowest BCUT2D eigenvalue weighted by atomic mass is 9.92. The summed E-state index contributed by atoms with van der Waals surface area (Å²) in [7, 11) is 0.000457. The summed E-state index contributed by atoms with van der Waals surface area (Å²) in [5.41, 5.74) is 4.14. The van der Waals surface area contributed by atoms with Crippen LogP contribution in [-0.2, 0) is 22.9 Å². The molecule has 0 amide bonds. The number of hydrogen-bond acceptors (Lipinski definition) is 5. The third-order valence-corrected chi connectivity index (χ3v) is 8.83. The van der Waals surface area contributed by atoms with Crippen LogP contribution < -0.4 is 9.47 Å². The maximum Gasteiger partial charge on any atom is 0.243 e. The largest absolute Gasteiger partial charge is 0.493 e. The molecule has 0 fully saturated rings. The highest BCUT2D eigenvalue weighted by molar-refractivity contribution is 7.89. The lowest BCUT2D eigenvalue weighted by Gasteiger charge is -2.35. The van der Waals surface area contributed by atoms with Gasteiger partial charge in [0.15, 0.2) is 11.5 Å². The average Bonchev–Trinajstić information content (AvgIpc) is 3.26. The van der Waals surface area contributed by atoms with Gasteiger partial charge in [-0.1, -0.05) is 25.1 Å². The standard InChI is InChI=1S/C25H34N2O4S.ClH/c1-4-27(32(28,29)20-10-6-5-7-11-20)16-9-8-15-26-17-14-19-18-23(30-2)25(31-3)21-12-13-22(26)24(19)21;/h5-7,10-11,18,22H,4,8-9,12-17H2,1-3H3;1H. The van der Waals surface area contributed by atoms with Gasteiger partial charge in [-0.15, -0.1) is 12.4 Å². The van der Waals surface area contributed by atoms with Gasteiger partial charge >= 0.3 is 0 Å². The highest BCUT2D eigenvalue weighted by Crippen LogP contribution is 2.48. The smallest absolute Gasteiger partial charge is 0.243 e. The van der Waals surface area contributed by atoms with Gasteiger partial charge in [-0.25, -0.2) is 8.42 Å². The van der Waals surface area contributed by atoms with E-state index in [1.165, 1.54) is 16.7 Å². The molecule has 182 valence electrons. The summed E-state index contributed by atoms with van der Waals surface area (Å²) in [6, 6.07) is 11.3. The van der Waals surface area contributed by atoms with Crippen LogP contribution in [0.5, 0.6) is 11.5 Å². The second-order valence-electron chi connectivity index (χ2n) is 8.52. The van der Waals surface area contributed by atoms with Crippen molar-refractivity contribution in [1.29, 1.82) is 0 Å². The molecule has 4 rings (SSSR count). The maximum atomic E-state index is 12.9. The predicted octanol–water partition coefficient (Wildman–Crippen LogP) is 4.46. The summed E-state index contributed by atoms with van der Waals surface area (Å²) in [5, 5.41) is 0. The van der Waals surface area contributed by atoms with Gasteiger partial charge in [0.1, 0.15) is 0 Å². The molecule has 1 aliphatic heterocycles. The van der Waals surface area contributed by atoms with Crippen LogP contribution >= 0.6 is 12.4 Å². The van der Waals surface area contributed by atoms with Gasteiger partial charge in [0.2, 0.25) is 10.0 Å². The Hall–Kier alpha value is -1.80. The zero-order valence-corrected chi connectivity index (χ0v) is 21.4. The summed E-state index contributed by atoms with van der Waals surface area (Å²) < 4.78 is 38.7. The average molecular weight is 495 g/mol. The van der Waals surface area contributed by atoms with Crippen molar-refractivity contribution >= 4 is 22.4 Å². The van der Waals surface area contributed by atoms with E-state index in [1.807, 2.05) is 13.0 Å². The lowest BCUT2D eigenvalue weighted by molar-refractivity contribution is 0.180. The van der Waals surface area contributed by atoms with Gasteiger partial charge < -0.3 is 9.47 Å². The first kappa shape index (κ1) is 25.8. The van der Waals surface area contributed by atoms with Crippen molar-refractivity contribution in [3.63, 3.8) is 0 Å². The molecule has 0 radical (unpaired) electrons. The minimum atomic E-state index is -3.42. The number of methoxy groups -OCH3 is 2. The molecule has 1 unspecified atom stereocenters. The number of rotatable bonds is 10. The van der Waals surface area contributed by atoms with E-state index in [0.29, 0.717) is 24.0 Å². The topological polar surface area (TPSA) is 59.1 Å². The highest BCUT2D eigenvalue weighted by Gasteiger charge is 2.36. The van der Waals surface area contributed by atoms with Gasteiger partial charge in [0.25, 0.3) is 0 Å². The molecule has 33 heavy (non-hydrogen) atoms. The van der Waals surface area contributed by atoms with Gasteiger partial charge in [-0.2, -0.15) is 4.31 Å². The van der Waals surface area contributed by atoms with Crippen molar-refractivity contribution in [2.24, 2.45) is 0 Å². The molecule has 6 nitrogen and oxygen atoms in total. The quantitative estimate of drug-likeness (QED) is 0.456. The van der Waals surface area contributed by atoms with Crippen LogP contribution in [0.2, 0.25) is 0 Å². The van der Waals surface area contributed by atoms with Crippen LogP contribution in [0.1, 0.15) is 48.9 Å². The van der Waals surface area contributed by atoms with Crippen LogP contribution in [0.4, 0.5) is 0 Å². The Morgan fingerprint density at radius 3 is 2.52 bits per heavy atom. The van der Waals surface area contributed by atoms with E-state index in [4.69, 9.17) is 9.47 Å². The molecule has 0 N–H and O–H groups in total. The van der Waals surface area contributed by atoms with Crippen molar-refractivity contribution in [2.45, 2.75) is 50.0 Å². The van der Waals surface area contributed by atoms with E-state index >= 15 is 0 Å². The van der Waals surface area contributed by atoms with E-state index in [-0.39, 0.29) is 12.4 Å². The van der Waals surface area contributed by atoms with E-state index in [1.54, 1.807) is 42.8 Å². The third kappa shape index (κ3) is 5.02. The Labute approximate surface area is 204 Å². The van der Waals surface area contributed by atoms with Crippen molar-refractivity contribution < 1.29 is 17.9 Å². The Kier molecular flexibility index (Phi) is 8.67. The van der Waals surface area contributed by atoms with Crippen molar-refractivity contribution in [2.75, 3.05) is 40.4 Å². The molecule has 0 bridgehead atoms. The molecule has 0 saturated carbocycles. The fourth-order valence-electron chi connectivity index (χ4n) is 5.28. The lowest BCUT2D eigenvalue weighted by Crippen LogP contribution is -2.36. The second-order valence-corrected chi connectivity index (χ2v) is 10.5. The Balaban J connectivity index is 0.00000306. The highest BCUT2D eigenvalue weighted by atomic mass is 35.5. The van der Waals surface area contributed by atoms with Gasteiger partial charge in [-0.05, 0) is 68.0 Å². The van der Waals surface area contributed by atoms with E-state index in [2.05, 4.69) is 11.0 Å². The zero-order valence-electron chi connectivity index (χ0n) is 19.7. The number of ether oxygens (including phenoxy) is 2. The zero-order chi connectivity index (χ0) is 22.7. The van der Waals surface area contributed by atoms with Gasteiger partial charge in [-0.3, -0.25) is 4.90 Å². The molecule has 8 heteroatoms. The molecule has 0 spiro atoms. The van der Waals surface area contributed by atoms with E-state index < -0.39 is 10.0 Å². The number of unbranched alkanes of at least 4 members (excludes halogenated alkanes) is 1. The molecular weight excluding hydrogens is 460 g/mol. The Morgan fingerprint density at radius 2 is 1.85 bits per heavy atom. The summed E-state index contributed by atoms with van der Waals surface area (Å²) in [4.78, 5) is 2.95. The van der Waals surface area contributed by atoms with Gasteiger partial charge in [0, 0.05) is 31.2 Å². The molecule has 0 aromatic heterocycles. The van der Waals surface area contributed by atoms with Gasteiger partial charge in [0.05, 0.1) is 19.1 Å². The number of benzene rings is 2. The molecule has 2 aromatic carbocycles. The minimum absolute atomic E-state index is 0. The summed E-state index contributed by atoms with van der Waals surface area (Å²) in [5.74, 6) is 1.73. The third-order valence-electron chi connectivity index (χ3n) is 6.84. The SMILES string of the molecule is CCN(CCCCN1CCc2cc(OC)c(OC)c3c2C1CC3)S(=O)(=O)c1ccccc1.Cl. The van der Waals surface area contributed by atoms with E-state index in [0.717, 1.165) is 56.7 Å². The minimum Gasteiger partial charge on any atom is -0.493 e. The fourth-order valence-corrected chi connectivity index (χ4v) is 6.79. The van der Waals surface area contributed by atoms with Crippen LogP contribution in [-0.4, -0.2) is 58.0 Å². The number of sulfonamides is 1. The molecule has 0 saturated heterocycles. The van der Waals surface area contributed by atoms with Crippen molar-refractivity contribution in [1.82, 2.24) is 9.21 Å². The first-order valence-electron chi connectivity index (χ1n) is 11.6. The van der Waals surface area contributed by atoms with Crippen molar-refractivity contribution in [3.8, 4) is 11.5 Å². The number of hydrogen-bond donors (Lipinski definition) is 0. The normalized spacial score (nSPS) is 17.5. The monoisotopic (exact) mass is 494 g/mol. The maximum absolute atomic E-state index is 12.9. The first-order valence-corrected chi connectivity index (χ1v) is 13.0. The Morgan fingerprint density at radius 1 is 1.09 bits per heavy atom. The summed E-state index contributed by atoms with van der Waals surface area (Å²) in [6.07, 6.45) is 4.98. The van der Waals surface area contributed by atoms with E-state index in [9.17, 15) is 8.42 Å². The molecule has 1 heterocycles. The molecule has 1 aliphatic carbocycles. The second kappa shape index (κ2) is 11.1. The van der Waals surface area contributed by atoms with Crippen molar-refractivity contribution in [3.05, 3.63) is 53.1 Å². The molecule has 2 aliphatic rings. The summed E-state index contributed by atoms with van der Waals surface area (Å²) in [6.45, 7) is 4.97. The number of halogens is 1. The first-order chi connectivity index (χ1) is 15.5. The molecular formula is C25H35ClN2O4S. The summed E-state index contributed by atoms with van der Waals surface area (Å²) >= 11 is 0. The van der Waals surface area contributed by atoms with Crippen LogP contribution in [0.15, 0.2) is 41.3 Å². The number of nitrogens with zero attached hydrogens (tertiary/aromatic N) is 2. The van der Waals surface area contributed by atoms with Crippen LogP contribution in [0.3, 0.4) is 0 Å². The molecule has 2 aromatic rings. The fraction of sp³-hybridized carbons (Fsp3) is 0.520. The predicted molar refractivity (Wildman–Crippen MR) is 133 cm³/mol. The van der Waals surface area contributed by atoms with Crippen LogP contribution in [0, 0.1) is 0 Å².